The molecule has 1 amide bonds. The van der Waals surface area contributed by atoms with Crippen LogP contribution in [0, 0.1) is 13.8 Å². The van der Waals surface area contributed by atoms with Crippen molar-refractivity contribution < 1.29 is 4.79 Å². The molecule has 0 aromatic carbocycles. The van der Waals surface area contributed by atoms with E-state index in [0.717, 1.165) is 42.2 Å². The number of amides is 1. The number of aryl methyl sites for hydroxylation is 3. The van der Waals surface area contributed by atoms with Crippen LogP contribution in [0.15, 0.2) is 36.8 Å². The van der Waals surface area contributed by atoms with Gasteiger partial charge in [0.15, 0.2) is 5.82 Å². The molecule has 0 radical (unpaired) electrons. The van der Waals surface area contributed by atoms with Gasteiger partial charge in [0.05, 0.1) is 11.4 Å². The summed E-state index contributed by atoms with van der Waals surface area (Å²) < 4.78 is 1.73. The number of aromatic nitrogens is 6. The number of hydrogen-bond acceptors (Lipinski definition) is 7. The molecule has 160 valence electrons. The summed E-state index contributed by atoms with van der Waals surface area (Å²) in [5, 5.41) is 7.34. The highest BCUT2D eigenvalue weighted by Crippen LogP contribution is 2.30. The minimum absolute atomic E-state index is 0.0121. The SMILES string of the molecule is Cc1cc(C)nc(Nc2nccnc2C2CCCN(C(=O)C=Cc3ccnn3C)C2)n1. The molecule has 4 rings (SSSR count). The Morgan fingerprint density at radius 3 is 2.68 bits per heavy atom. The van der Waals surface area contributed by atoms with Gasteiger partial charge in [-0.05, 0) is 44.9 Å². The van der Waals surface area contributed by atoms with Gasteiger partial charge in [-0.3, -0.25) is 14.5 Å². The number of nitrogens with one attached hydrogen (secondary N) is 1. The van der Waals surface area contributed by atoms with E-state index in [1.54, 1.807) is 35.4 Å². The number of piperidine rings is 1. The predicted molar refractivity (Wildman–Crippen MR) is 118 cm³/mol. The number of rotatable bonds is 5. The number of nitrogens with zero attached hydrogens (tertiary/aromatic N) is 7. The van der Waals surface area contributed by atoms with Crippen molar-refractivity contribution in [2.24, 2.45) is 7.05 Å². The Balaban J connectivity index is 1.50. The topological polar surface area (TPSA) is 102 Å². The van der Waals surface area contributed by atoms with Crippen LogP contribution in [-0.2, 0) is 11.8 Å². The fourth-order valence-electron chi connectivity index (χ4n) is 3.84. The zero-order valence-electron chi connectivity index (χ0n) is 18.0. The van der Waals surface area contributed by atoms with Crippen molar-refractivity contribution in [1.82, 2.24) is 34.6 Å². The Labute approximate surface area is 181 Å². The van der Waals surface area contributed by atoms with Gasteiger partial charge in [-0.2, -0.15) is 5.10 Å². The average Bonchev–Trinajstić information content (AvgIpc) is 3.16. The van der Waals surface area contributed by atoms with Crippen molar-refractivity contribution in [1.29, 1.82) is 0 Å². The van der Waals surface area contributed by atoms with Crippen molar-refractivity contribution in [3.8, 4) is 0 Å². The first-order valence-electron chi connectivity index (χ1n) is 10.3. The first-order chi connectivity index (χ1) is 15.0. The van der Waals surface area contributed by atoms with E-state index >= 15 is 0 Å². The second-order valence-electron chi connectivity index (χ2n) is 7.73. The average molecular weight is 419 g/mol. The summed E-state index contributed by atoms with van der Waals surface area (Å²) >= 11 is 0. The Bertz CT molecular complexity index is 1090. The van der Waals surface area contributed by atoms with Gasteiger partial charge in [-0.1, -0.05) is 0 Å². The normalized spacial score (nSPS) is 16.6. The van der Waals surface area contributed by atoms with Gasteiger partial charge >= 0.3 is 0 Å². The van der Waals surface area contributed by atoms with E-state index in [9.17, 15) is 4.79 Å². The molecule has 1 saturated heterocycles. The first kappa shape index (κ1) is 20.6. The Kier molecular flexibility index (Phi) is 6.01. The van der Waals surface area contributed by atoms with Gasteiger partial charge in [-0.25, -0.2) is 15.0 Å². The summed E-state index contributed by atoms with van der Waals surface area (Å²) in [5.74, 6) is 1.21. The number of likely N-dealkylation sites (tertiary alicyclic amines) is 1. The molecule has 1 N–H and O–H groups in total. The van der Waals surface area contributed by atoms with Crippen molar-refractivity contribution in [3.63, 3.8) is 0 Å². The lowest BCUT2D eigenvalue weighted by atomic mass is 9.94. The second kappa shape index (κ2) is 9.03. The zero-order chi connectivity index (χ0) is 21.8. The van der Waals surface area contributed by atoms with Crippen LogP contribution in [0.3, 0.4) is 0 Å². The Morgan fingerprint density at radius 2 is 1.94 bits per heavy atom. The van der Waals surface area contributed by atoms with Gasteiger partial charge in [-0.15, -0.1) is 0 Å². The molecule has 1 aliphatic heterocycles. The van der Waals surface area contributed by atoms with E-state index in [0.29, 0.717) is 18.3 Å². The van der Waals surface area contributed by atoms with Gasteiger partial charge < -0.3 is 10.2 Å². The summed E-state index contributed by atoms with van der Waals surface area (Å²) in [6.07, 6.45) is 10.3. The van der Waals surface area contributed by atoms with Gasteiger partial charge in [0.2, 0.25) is 11.9 Å². The maximum atomic E-state index is 12.8. The van der Waals surface area contributed by atoms with E-state index in [2.05, 4.69) is 30.4 Å². The zero-order valence-corrected chi connectivity index (χ0v) is 18.0. The number of hydrogen-bond donors (Lipinski definition) is 1. The number of carbonyl (C=O) groups excluding carboxylic acids is 1. The monoisotopic (exact) mass is 418 g/mol. The summed E-state index contributed by atoms with van der Waals surface area (Å²) in [6.45, 7) is 5.19. The summed E-state index contributed by atoms with van der Waals surface area (Å²) in [5.41, 5.74) is 3.49. The third kappa shape index (κ3) is 4.93. The quantitative estimate of drug-likeness (QED) is 0.636. The van der Waals surface area contributed by atoms with Crippen LogP contribution < -0.4 is 5.32 Å². The smallest absolute Gasteiger partial charge is 0.246 e. The van der Waals surface area contributed by atoms with Crippen molar-refractivity contribution in [3.05, 3.63) is 59.6 Å². The lowest BCUT2D eigenvalue weighted by Crippen LogP contribution is -2.38. The highest BCUT2D eigenvalue weighted by Gasteiger charge is 2.27. The molecule has 9 nitrogen and oxygen atoms in total. The molecule has 0 spiro atoms. The molecule has 1 atom stereocenters. The Morgan fingerprint density at radius 1 is 1.16 bits per heavy atom. The third-order valence-electron chi connectivity index (χ3n) is 5.31. The van der Waals surface area contributed by atoms with Gasteiger partial charge in [0, 0.05) is 62.1 Å². The molecule has 9 heteroatoms. The van der Waals surface area contributed by atoms with Crippen molar-refractivity contribution in [2.45, 2.75) is 32.6 Å². The number of carbonyl (C=O) groups is 1. The van der Waals surface area contributed by atoms with Crippen LogP contribution in [0.25, 0.3) is 6.08 Å². The lowest BCUT2D eigenvalue weighted by molar-refractivity contribution is -0.127. The molecular formula is C22H26N8O. The fraction of sp³-hybridized carbons (Fsp3) is 0.364. The molecule has 0 bridgehead atoms. The fourth-order valence-corrected chi connectivity index (χ4v) is 3.84. The van der Waals surface area contributed by atoms with E-state index < -0.39 is 0 Å². The molecule has 4 heterocycles. The summed E-state index contributed by atoms with van der Waals surface area (Å²) in [4.78, 5) is 32.6. The molecule has 3 aromatic rings. The van der Waals surface area contributed by atoms with E-state index in [4.69, 9.17) is 0 Å². The van der Waals surface area contributed by atoms with Crippen molar-refractivity contribution >= 4 is 23.7 Å². The largest absolute Gasteiger partial charge is 0.338 e. The van der Waals surface area contributed by atoms with E-state index in [-0.39, 0.29) is 11.8 Å². The summed E-state index contributed by atoms with van der Waals surface area (Å²) in [7, 11) is 1.85. The Hall–Kier alpha value is -3.62. The van der Waals surface area contributed by atoms with Gasteiger partial charge in [0.25, 0.3) is 0 Å². The van der Waals surface area contributed by atoms with Crippen LogP contribution in [-0.4, -0.2) is 53.6 Å². The van der Waals surface area contributed by atoms with Gasteiger partial charge in [0.1, 0.15) is 0 Å². The molecule has 3 aromatic heterocycles. The van der Waals surface area contributed by atoms with Crippen LogP contribution >= 0.6 is 0 Å². The highest BCUT2D eigenvalue weighted by molar-refractivity contribution is 5.91. The maximum absolute atomic E-state index is 12.8. The van der Waals surface area contributed by atoms with Crippen LogP contribution in [0.2, 0.25) is 0 Å². The molecule has 31 heavy (non-hydrogen) atoms. The van der Waals surface area contributed by atoms with Crippen LogP contribution in [0.4, 0.5) is 11.8 Å². The minimum Gasteiger partial charge on any atom is -0.338 e. The molecule has 0 saturated carbocycles. The van der Waals surface area contributed by atoms with Crippen LogP contribution in [0.5, 0.6) is 0 Å². The lowest BCUT2D eigenvalue weighted by Gasteiger charge is -2.32. The standard InChI is InChI=1S/C22H26N8O/c1-15-13-16(2)27-22(26-15)28-21-20(23-10-11-24-21)17-5-4-12-30(14-17)19(31)7-6-18-8-9-25-29(18)3/h6-11,13,17H,4-5,12,14H2,1-3H3,(H,24,26,27,28). The molecule has 0 aliphatic carbocycles. The summed E-state index contributed by atoms with van der Waals surface area (Å²) in [6, 6.07) is 3.79. The van der Waals surface area contributed by atoms with E-state index in [1.165, 1.54) is 0 Å². The molecule has 1 aliphatic rings. The molecular weight excluding hydrogens is 392 g/mol. The minimum atomic E-state index is -0.0121. The second-order valence-corrected chi connectivity index (χ2v) is 7.73. The highest BCUT2D eigenvalue weighted by atomic mass is 16.2. The molecule has 1 fully saturated rings. The van der Waals surface area contributed by atoms with E-state index in [1.807, 2.05) is 37.9 Å². The third-order valence-corrected chi connectivity index (χ3v) is 5.31. The molecule has 1 unspecified atom stereocenters. The van der Waals surface area contributed by atoms with Crippen LogP contribution in [0.1, 0.15) is 41.5 Å². The maximum Gasteiger partial charge on any atom is 0.246 e. The predicted octanol–water partition coefficient (Wildman–Crippen LogP) is 2.78. The van der Waals surface area contributed by atoms with Crippen molar-refractivity contribution in [2.75, 3.05) is 18.4 Å². The number of anilines is 2. The first-order valence-corrected chi connectivity index (χ1v) is 10.3.